The van der Waals surface area contributed by atoms with Gasteiger partial charge in [0.1, 0.15) is 5.75 Å². The van der Waals surface area contributed by atoms with Gasteiger partial charge in [-0.3, -0.25) is 24.6 Å². The van der Waals surface area contributed by atoms with Gasteiger partial charge in [0.05, 0.1) is 20.1 Å². The van der Waals surface area contributed by atoms with Gasteiger partial charge < -0.3 is 9.64 Å². The number of carbonyl (C=O) groups is 3. The molecule has 1 saturated heterocycles. The SMILES string of the molecule is COc1ccc(C(=O)NC(=O)CN2CCN(C(=O)Cc3ccccc3Cl)CC2)cc1. The van der Waals surface area contributed by atoms with Crippen LogP contribution in [-0.4, -0.2) is 67.4 Å². The number of imide groups is 1. The molecule has 0 aromatic heterocycles. The molecule has 158 valence electrons. The molecule has 0 bridgehead atoms. The van der Waals surface area contributed by atoms with Gasteiger partial charge in [-0.2, -0.15) is 0 Å². The summed E-state index contributed by atoms with van der Waals surface area (Å²) in [6.45, 7) is 2.30. The van der Waals surface area contributed by atoms with E-state index in [-0.39, 0.29) is 24.8 Å². The molecule has 1 N–H and O–H groups in total. The Balaban J connectivity index is 1.43. The smallest absolute Gasteiger partial charge is 0.257 e. The Morgan fingerprint density at radius 3 is 2.30 bits per heavy atom. The van der Waals surface area contributed by atoms with Crippen LogP contribution in [0, 0.1) is 0 Å². The van der Waals surface area contributed by atoms with Gasteiger partial charge in [-0.15, -0.1) is 0 Å². The third-order valence-electron chi connectivity index (χ3n) is 5.00. The van der Waals surface area contributed by atoms with Crippen LogP contribution in [0.1, 0.15) is 15.9 Å². The highest BCUT2D eigenvalue weighted by Crippen LogP contribution is 2.17. The van der Waals surface area contributed by atoms with Gasteiger partial charge in [0.15, 0.2) is 0 Å². The van der Waals surface area contributed by atoms with E-state index in [9.17, 15) is 14.4 Å². The molecule has 0 radical (unpaired) electrons. The van der Waals surface area contributed by atoms with Crippen molar-refractivity contribution in [3.63, 3.8) is 0 Å². The maximum atomic E-state index is 12.5. The summed E-state index contributed by atoms with van der Waals surface area (Å²) >= 11 is 6.13. The van der Waals surface area contributed by atoms with E-state index in [4.69, 9.17) is 16.3 Å². The van der Waals surface area contributed by atoms with E-state index in [1.807, 2.05) is 23.1 Å². The Kier molecular flexibility index (Phi) is 7.43. The van der Waals surface area contributed by atoms with Crippen LogP contribution in [0.2, 0.25) is 5.02 Å². The molecule has 7 nitrogen and oxygen atoms in total. The molecule has 1 aliphatic heterocycles. The second-order valence-electron chi connectivity index (χ2n) is 7.03. The molecule has 1 fully saturated rings. The van der Waals surface area contributed by atoms with E-state index in [1.165, 1.54) is 0 Å². The van der Waals surface area contributed by atoms with Crippen molar-refractivity contribution in [2.75, 3.05) is 39.8 Å². The molecule has 2 aromatic carbocycles. The van der Waals surface area contributed by atoms with Crippen LogP contribution < -0.4 is 10.1 Å². The van der Waals surface area contributed by atoms with Crippen molar-refractivity contribution < 1.29 is 19.1 Å². The van der Waals surface area contributed by atoms with E-state index >= 15 is 0 Å². The highest BCUT2D eigenvalue weighted by molar-refractivity contribution is 6.31. The molecule has 3 amide bonds. The average molecular weight is 430 g/mol. The minimum Gasteiger partial charge on any atom is -0.497 e. The van der Waals surface area contributed by atoms with Crippen LogP contribution in [0.4, 0.5) is 0 Å². The Hall–Kier alpha value is -2.90. The van der Waals surface area contributed by atoms with Crippen LogP contribution in [0.25, 0.3) is 0 Å². The number of amides is 3. The Morgan fingerprint density at radius 2 is 1.67 bits per heavy atom. The van der Waals surface area contributed by atoms with Crippen LogP contribution >= 0.6 is 11.6 Å². The highest BCUT2D eigenvalue weighted by Gasteiger charge is 2.23. The van der Waals surface area contributed by atoms with Crippen molar-refractivity contribution in [2.24, 2.45) is 0 Å². The van der Waals surface area contributed by atoms with Gasteiger partial charge >= 0.3 is 0 Å². The summed E-state index contributed by atoms with van der Waals surface area (Å²) in [6.07, 6.45) is 0.260. The number of methoxy groups -OCH3 is 1. The second-order valence-corrected chi connectivity index (χ2v) is 7.44. The number of rotatable bonds is 6. The van der Waals surface area contributed by atoms with E-state index in [2.05, 4.69) is 5.32 Å². The number of piperazine rings is 1. The summed E-state index contributed by atoms with van der Waals surface area (Å²) in [6, 6.07) is 13.8. The summed E-state index contributed by atoms with van der Waals surface area (Å²) in [5.41, 5.74) is 1.20. The first-order chi connectivity index (χ1) is 14.5. The fourth-order valence-electron chi connectivity index (χ4n) is 3.26. The Morgan fingerprint density at radius 1 is 1.00 bits per heavy atom. The largest absolute Gasteiger partial charge is 0.497 e. The molecule has 0 saturated carbocycles. The molecule has 0 unspecified atom stereocenters. The lowest BCUT2D eigenvalue weighted by atomic mass is 10.1. The molecule has 1 heterocycles. The molecule has 0 spiro atoms. The number of hydrogen-bond acceptors (Lipinski definition) is 5. The zero-order valence-corrected chi connectivity index (χ0v) is 17.5. The fraction of sp³-hybridized carbons (Fsp3) is 0.318. The molecule has 2 aromatic rings. The topological polar surface area (TPSA) is 79.0 Å². The van der Waals surface area contributed by atoms with Crippen molar-refractivity contribution in [1.29, 1.82) is 0 Å². The van der Waals surface area contributed by atoms with E-state index in [1.54, 1.807) is 42.3 Å². The molecular formula is C22H24ClN3O4. The van der Waals surface area contributed by atoms with Gasteiger partial charge in [-0.05, 0) is 35.9 Å². The Bertz CT molecular complexity index is 909. The van der Waals surface area contributed by atoms with Gasteiger partial charge in [0.2, 0.25) is 11.8 Å². The minimum absolute atomic E-state index is 0.0156. The summed E-state index contributed by atoms with van der Waals surface area (Å²) in [4.78, 5) is 40.6. The standard InChI is InChI=1S/C22H24ClN3O4/c1-30-18-8-6-16(7-9-18)22(29)24-20(27)15-25-10-12-26(13-11-25)21(28)14-17-4-2-3-5-19(17)23/h2-9H,10-15H2,1H3,(H,24,27,29). The lowest BCUT2D eigenvalue weighted by molar-refractivity contribution is -0.132. The molecule has 0 atom stereocenters. The first-order valence-corrected chi connectivity index (χ1v) is 10.1. The predicted molar refractivity (Wildman–Crippen MR) is 114 cm³/mol. The van der Waals surface area contributed by atoms with Crippen LogP contribution in [0.3, 0.4) is 0 Å². The molecular weight excluding hydrogens is 406 g/mol. The van der Waals surface area contributed by atoms with Gasteiger partial charge in [0.25, 0.3) is 5.91 Å². The maximum absolute atomic E-state index is 12.5. The average Bonchev–Trinajstić information content (AvgIpc) is 2.75. The van der Waals surface area contributed by atoms with Crippen molar-refractivity contribution >= 4 is 29.3 Å². The van der Waals surface area contributed by atoms with Gasteiger partial charge in [-0.25, -0.2) is 0 Å². The molecule has 3 rings (SSSR count). The number of nitrogens with zero attached hydrogens (tertiary/aromatic N) is 2. The quantitative estimate of drug-likeness (QED) is 0.759. The van der Waals surface area contributed by atoms with Gasteiger partial charge in [0, 0.05) is 36.8 Å². The van der Waals surface area contributed by atoms with Crippen molar-refractivity contribution in [1.82, 2.24) is 15.1 Å². The van der Waals surface area contributed by atoms with Crippen molar-refractivity contribution in [3.05, 3.63) is 64.7 Å². The summed E-state index contributed by atoms with van der Waals surface area (Å²) < 4.78 is 5.06. The lowest BCUT2D eigenvalue weighted by Gasteiger charge is -2.34. The van der Waals surface area contributed by atoms with E-state index in [0.717, 1.165) is 5.56 Å². The normalized spacial score (nSPS) is 14.3. The van der Waals surface area contributed by atoms with Crippen LogP contribution in [0.15, 0.2) is 48.5 Å². The van der Waals surface area contributed by atoms with Crippen molar-refractivity contribution in [2.45, 2.75) is 6.42 Å². The third kappa shape index (κ3) is 5.81. The summed E-state index contributed by atoms with van der Waals surface area (Å²) in [5.74, 6) is -0.162. The van der Waals surface area contributed by atoms with Crippen LogP contribution in [-0.2, 0) is 16.0 Å². The van der Waals surface area contributed by atoms with E-state index < -0.39 is 5.91 Å². The minimum atomic E-state index is -0.448. The first-order valence-electron chi connectivity index (χ1n) is 9.68. The zero-order chi connectivity index (χ0) is 21.5. The van der Waals surface area contributed by atoms with Crippen LogP contribution in [0.5, 0.6) is 5.75 Å². The number of hydrogen-bond donors (Lipinski definition) is 1. The summed E-state index contributed by atoms with van der Waals surface area (Å²) in [7, 11) is 1.54. The number of carbonyl (C=O) groups excluding carboxylic acids is 3. The zero-order valence-electron chi connectivity index (χ0n) is 16.8. The number of nitrogens with one attached hydrogen (secondary N) is 1. The monoisotopic (exact) mass is 429 g/mol. The molecule has 8 heteroatoms. The predicted octanol–water partition coefficient (Wildman–Crippen LogP) is 1.99. The highest BCUT2D eigenvalue weighted by atomic mass is 35.5. The number of benzene rings is 2. The first kappa shape index (κ1) is 21.8. The Labute approximate surface area is 180 Å². The molecule has 1 aliphatic rings. The fourth-order valence-corrected chi connectivity index (χ4v) is 3.46. The lowest BCUT2D eigenvalue weighted by Crippen LogP contribution is -2.51. The third-order valence-corrected chi connectivity index (χ3v) is 5.37. The van der Waals surface area contributed by atoms with E-state index in [0.29, 0.717) is 42.5 Å². The molecule has 30 heavy (non-hydrogen) atoms. The second kappa shape index (κ2) is 10.2. The number of ether oxygens (including phenoxy) is 1. The molecule has 0 aliphatic carbocycles. The maximum Gasteiger partial charge on any atom is 0.257 e. The summed E-state index contributed by atoms with van der Waals surface area (Å²) in [5, 5.41) is 2.98. The van der Waals surface area contributed by atoms with Crippen molar-refractivity contribution in [3.8, 4) is 5.75 Å². The van der Waals surface area contributed by atoms with Gasteiger partial charge in [-0.1, -0.05) is 29.8 Å². The number of halogens is 1.